The lowest BCUT2D eigenvalue weighted by atomic mass is 9.82. The van der Waals surface area contributed by atoms with E-state index in [4.69, 9.17) is 11.5 Å². The van der Waals surface area contributed by atoms with Crippen molar-refractivity contribution >= 4 is 12.0 Å². The third-order valence-corrected chi connectivity index (χ3v) is 2.47. The minimum Gasteiger partial charge on any atom is -0.481 e. The van der Waals surface area contributed by atoms with Crippen molar-refractivity contribution in [3.05, 3.63) is 0 Å². The summed E-state index contributed by atoms with van der Waals surface area (Å²) in [4.78, 5) is 23.6. The molecule has 15 heavy (non-hydrogen) atoms. The van der Waals surface area contributed by atoms with Gasteiger partial charge in [-0.3, -0.25) is 4.79 Å². The molecule has 82 valence electrons. The van der Waals surface area contributed by atoms with Gasteiger partial charge >= 0.3 is 12.0 Å². The first-order valence-electron chi connectivity index (χ1n) is 4.64. The molecule has 1 heterocycles. The third-order valence-electron chi connectivity index (χ3n) is 2.47. The van der Waals surface area contributed by atoms with Crippen LogP contribution in [0.1, 0.15) is 13.8 Å². The van der Waals surface area contributed by atoms with Gasteiger partial charge in [-0.1, -0.05) is 5.92 Å². The summed E-state index contributed by atoms with van der Waals surface area (Å²) in [7, 11) is 0. The highest BCUT2D eigenvalue weighted by Gasteiger charge is 2.47. The highest BCUT2D eigenvalue weighted by atomic mass is 16.4. The summed E-state index contributed by atoms with van der Waals surface area (Å²) in [6, 6.07) is -0.645. The zero-order valence-corrected chi connectivity index (χ0v) is 8.78. The smallest absolute Gasteiger partial charge is 0.318 e. The minimum absolute atomic E-state index is 0.228. The van der Waals surface area contributed by atoms with Crippen LogP contribution in [0, 0.1) is 17.8 Å². The van der Waals surface area contributed by atoms with Gasteiger partial charge in [0.15, 0.2) is 0 Å². The monoisotopic (exact) mass is 210 g/mol. The molecular formula is C10H14N2O3. The van der Waals surface area contributed by atoms with E-state index in [0.717, 1.165) is 0 Å². The fraction of sp³-hybridized carbons (Fsp3) is 0.600. The van der Waals surface area contributed by atoms with E-state index in [9.17, 15) is 9.59 Å². The molecule has 1 saturated heterocycles. The Morgan fingerprint density at radius 2 is 2.13 bits per heavy atom. The van der Waals surface area contributed by atoms with Crippen LogP contribution in [-0.4, -0.2) is 41.1 Å². The van der Waals surface area contributed by atoms with Crippen LogP contribution in [0.4, 0.5) is 4.79 Å². The molecule has 1 atom stereocenters. The van der Waals surface area contributed by atoms with Crippen molar-refractivity contribution in [2.75, 3.05) is 13.1 Å². The fourth-order valence-corrected chi connectivity index (χ4v) is 1.39. The molecule has 1 fully saturated rings. The standard InChI is InChI=1S/C10H14N2O3/c1-4-7(2)11-9(15)12-5-10(3,6-12)8(13)14/h1,7H,5-6H2,2-3H3,(H,11,15)(H,13,14). The molecule has 2 amide bonds. The Hall–Kier alpha value is -1.70. The van der Waals surface area contributed by atoms with Crippen molar-refractivity contribution < 1.29 is 14.7 Å². The summed E-state index contributed by atoms with van der Waals surface area (Å²) in [6.45, 7) is 3.76. The second-order valence-electron chi connectivity index (χ2n) is 4.06. The quantitative estimate of drug-likeness (QED) is 0.636. The second kappa shape index (κ2) is 3.81. The average molecular weight is 210 g/mol. The summed E-state index contributed by atoms with van der Waals surface area (Å²) in [5.41, 5.74) is -0.809. The van der Waals surface area contributed by atoms with Gasteiger partial charge in [0.05, 0.1) is 6.04 Å². The highest BCUT2D eigenvalue weighted by Crippen LogP contribution is 2.29. The maximum absolute atomic E-state index is 11.4. The van der Waals surface area contributed by atoms with Crippen molar-refractivity contribution in [1.82, 2.24) is 10.2 Å². The molecule has 2 N–H and O–H groups in total. The number of carboxylic acid groups (broad SMARTS) is 1. The van der Waals surface area contributed by atoms with Crippen LogP contribution in [0.5, 0.6) is 0 Å². The molecule has 1 aliphatic heterocycles. The molecular weight excluding hydrogens is 196 g/mol. The number of hydrogen-bond acceptors (Lipinski definition) is 2. The van der Waals surface area contributed by atoms with Crippen LogP contribution in [-0.2, 0) is 4.79 Å². The van der Waals surface area contributed by atoms with Crippen LogP contribution in [0.3, 0.4) is 0 Å². The lowest BCUT2D eigenvalue weighted by Gasteiger charge is -2.44. The molecule has 1 rings (SSSR count). The molecule has 0 aliphatic carbocycles. The number of amides is 2. The number of nitrogens with zero attached hydrogens (tertiary/aromatic N) is 1. The number of carbonyl (C=O) groups is 2. The first kappa shape index (κ1) is 11.4. The summed E-state index contributed by atoms with van der Waals surface area (Å²) in [5, 5.41) is 11.4. The molecule has 1 unspecified atom stereocenters. The maximum Gasteiger partial charge on any atom is 0.318 e. The van der Waals surface area contributed by atoms with Gasteiger partial charge in [0.1, 0.15) is 5.41 Å². The minimum atomic E-state index is -0.878. The Morgan fingerprint density at radius 3 is 2.53 bits per heavy atom. The number of carbonyl (C=O) groups excluding carboxylic acids is 1. The lowest BCUT2D eigenvalue weighted by Crippen LogP contribution is -2.63. The van der Waals surface area contributed by atoms with E-state index in [2.05, 4.69) is 11.2 Å². The summed E-state index contributed by atoms with van der Waals surface area (Å²) >= 11 is 0. The van der Waals surface area contributed by atoms with Crippen LogP contribution >= 0.6 is 0 Å². The van der Waals surface area contributed by atoms with Crippen molar-refractivity contribution in [3.63, 3.8) is 0 Å². The van der Waals surface area contributed by atoms with Crippen molar-refractivity contribution in [1.29, 1.82) is 0 Å². The topological polar surface area (TPSA) is 69.6 Å². The third kappa shape index (κ3) is 2.21. The van der Waals surface area contributed by atoms with Crippen molar-refractivity contribution in [2.45, 2.75) is 19.9 Å². The molecule has 0 aromatic heterocycles. The zero-order chi connectivity index (χ0) is 11.6. The second-order valence-corrected chi connectivity index (χ2v) is 4.06. The molecule has 0 saturated carbocycles. The van der Waals surface area contributed by atoms with E-state index < -0.39 is 11.4 Å². The molecule has 5 nitrogen and oxygen atoms in total. The Kier molecular flexibility index (Phi) is 2.89. The summed E-state index contributed by atoms with van der Waals surface area (Å²) in [5.74, 6) is 1.49. The predicted octanol–water partition coefficient (Wildman–Crippen LogP) is 0.124. The number of hydrogen-bond donors (Lipinski definition) is 2. The van der Waals surface area contributed by atoms with Crippen LogP contribution in [0.25, 0.3) is 0 Å². The number of carboxylic acids is 1. The molecule has 5 heteroatoms. The van der Waals surface area contributed by atoms with Crippen LogP contribution in [0.2, 0.25) is 0 Å². The Morgan fingerprint density at radius 1 is 1.60 bits per heavy atom. The van der Waals surface area contributed by atoms with Crippen molar-refractivity contribution in [3.8, 4) is 12.3 Å². The number of terminal acetylenes is 1. The summed E-state index contributed by atoms with van der Waals surface area (Å²) in [6.07, 6.45) is 5.10. The highest BCUT2D eigenvalue weighted by molar-refractivity contribution is 5.82. The maximum atomic E-state index is 11.4. The average Bonchev–Trinajstić information content (AvgIpc) is 2.11. The van der Waals surface area contributed by atoms with Crippen LogP contribution < -0.4 is 5.32 Å². The number of aliphatic carboxylic acids is 1. The molecule has 1 aliphatic rings. The SMILES string of the molecule is C#CC(C)NC(=O)N1CC(C)(C(=O)O)C1. The van der Waals surface area contributed by atoms with Gasteiger partial charge in [-0.2, -0.15) is 0 Å². The van der Waals surface area contributed by atoms with Gasteiger partial charge in [0.2, 0.25) is 0 Å². The van der Waals surface area contributed by atoms with Crippen molar-refractivity contribution in [2.24, 2.45) is 5.41 Å². The van der Waals surface area contributed by atoms with Gasteiger partial charge in [-0.15, -0.1) is 6.42 Å². The number of likely N-dealkylation sites (tertiary alicyclic amines) is 1. The molecule has 0 aromatic rings. The number of urea groups is 1. The van der Waals surface area contributed by atoms with Gasteiger partial charge in [0, 0.05) is 13.1 Å². The van der Waals surface area contributed by atoms with E-state index in [0.29, 0.717) is 0 Å². The fourth-order valence-electron chi connectivity index (χ4n) is 1.39. The number of rotatable bonds is 2. The Bertz CT molecular complexity index is 326. The lowest BCUT2D eigenvalue weighted by molar-refractivity contribution is -0.155. The van der Waals surface area contributed by atoms with Gasteiger partial charge in [-0.25, -0.2) is 4.79 Å². The molecule has 0 radical (unpaired) electrons. The van der Waals surface area contributed by atoms with E-state index in [1.165, 1.54) is 4.90 Å². The van der Waals surface area contributed by atoms with Gasteiger partial charge in [0.25, 0.3) is 0 Å². The first-order valence-corrected chi connectivity index (χ1v) is 4.64. The molecule has 0 bridgehead atoms. The van der Waals surface area contributed by atoms with E-state index >= 15 is 0 Å². The van der Waals surface area contributed by atoms with Gasteiger partial charge < -0.3 is 15.3 Å². The zero-order valence-electron chi connectivity index (χ0n) is 8.78. The van der Waals surface area contributed by atoms with E-state index in [-0.39, 0.29) is 25.2 Å². The Balaban J connectivity index is 2.43. The van der Waals surface area contributed by atoms with E-state index in [1.54, 1.807) is 13.8 Å². The molecule has 0 aromatic carbocycles. The normalized spacial score (nSPS) is 19.7. The Labute approximate surface area is 88.4 Å². The first-order chi connectivity index (χ1) is 6.89. The largest absolute Gasteiger partial charge is 0.481 e. The summed E-state index contributed by atoms with van der Waals surface area (Å²) < 4.78 is 0. The predicted molar refractivity (Wildman–Crippen MR) is 54.1 cm³/mol. The molecule has 0 spiro atoms. The number of nitrogens with one attached hydrogen (secondary N) is 1. The van der Waals surface area contributed by atoms with Crippen LogP contribution in [0.15, 0.2) is 0 Å². The van der Waals surface area contributed by atoms with Gasteiger partial charge in [-0.05, 0) is 13.8 Å². The van der Waals surface area contributed by atoms with E-state index in [1.807, 2.05) is 0 Å².